The van der Waals surface area contributed by atoms with Crippen LogP contribution in [0.1, 0.15) is 15.9 Å². The highest BCUT2D eigenvalue weighted by Crippen LogP contribution is 2.43. The number of carbonyl (C=O) groups excluding carboxylic acids is 2. The van der Waals surface area contributed by atoms with E-state index in [0.717, 1.165) is 0 Å². The van der Waals surface area contributed by atoms with Crippen LogP contribution in [0, 0.1) is 5.92 Å². The molecule has 21 heavy (non-hydrogen) atoms. The van der Waals surface area contributed by atoms with Crippen LogP contribution in [-0.4, -0.2) is 36.2 Å². The molecule has 112 valence electrons. The summed E-state index contributed by atoms with van der Waals surface area (Å²) in [6, 6.07) is 1.52. The lowest BCUT2D eigenvalue weighted by Crippen LogP contribution is -2.31. The summed E-state index contributed by atoms with van der Waals surface area (Å²) in [6.45, 7) is 0. The quantitative estimate of drug-likeness (QED) is 0.479. The molecule has 1 unspecified atom stereocenters. The van der Waals surface area contributed by atoms with Gasteiger partial charge < -0.3 is 19.7 Å². The van der Waals surface area contributed by atoms with Crippen LogP contribution >= 0.6 is 15.9 Å². The molecule has 7 heteroatoms. The summed E-state index contributed by atoms with van der Waals surface area (Å²) < 4.78 is 10.2. The van der Waals surface area contributed by atoms with Gasteiger partial charge in [-0.1, -0.05) is 15.9 Å². The Morgan fingerprint density at radius 3 is 2.67 bits per heavy atom. The Labute approximate surface area is 129 Å². The second kappa shape index (κ2) is 5.77. The third kappa shape index (κ3) is 2.37. The topological polar surface area (TPSA) is 93.1 Å². The number of halogens is 1. The number of carbonyl (C=O) groups is 2. The molecule has 2 N–H and O–H groups in total. The van der Waals surface area contributed by atoms with Crippen LogP contribution < -0.4 is 4.74 Å². The normalized spacial score (nSPS) is 19.3. The minimum atomic E-state index is -0.913. The molecule has 0 amide bonds. The van der Waals surface area contributed by atoms with Crippen LogP contribution in [0.2, 0.25) is 0 Å². The van der Waals surface area contributed by atoms with E-state index < -0.39 is 17.7 Å². The minimum absolute atomic E-state index is 0.0154. The zero-order valence-electron chi connectivity index (χ0n) is 11.3. The number of fused-ring (bicyclic) bond motifs is 1. The molecule has 0 spiro atoms. The van der Waals surface area contributed by atoms with E-state index in [1.807, 2.05) is 0 Å². The number of rotatable bonds is 2. The van der Waals surface area contributed by atoms with Gasteiger partial charge in [0.1, 0.15) is 0 Å². The molecule has 2 rings (SSSR count). The molecular formula is C14H13BrO6. The first kappa shape index (κ1) is 15.4. The Morgan fingerprint density at radius 1 is 1.48 bits per heavy atom. The third-order valence-electron chi connectivity index (χ3n) is 3.44. The van der Waals surface area contributed by atoms with Gasteiger partial charge in [0.05, 0.1) is 32.0 Å². The summed E-state index contributed by atoms with van der Waals surface area (Å²) in [5, 5.41) is 19.4. The number of Topliss-reactive ketones (excluding diaryl/α,β-unsaturated/α-hetero) is 1. The number of aliphatic hydroxyl groups excluding tert-OH is 1. The highest BCUT2D eigenvalue weighted by Gasteiger charge is 2.39. The van der Waals surface area contributed by atoms with E-state index in [4.69, 9.17) is 4.74 Å². The van der Waals surface area contributed by atoms with Gasteiger partial charge in [0, 0.05) is 10.0 Å². The number of phenols is 1. The lowest BCUT2D eigenvalue weighted by atomic mass is 9.79. The van der Waals surface area contributed by atoms with Gasteiger partial charge in [-0.25, -0.2) is 0 Å². The highest BCUT2D eigenvalue weighted by atomic mass is 79.9. The summed E-state index contributed by atoms with van der Waals surface area (Å²) in [4.78, 5) is 24.2. The van der Waals surface area contributed by atoms with Crippen LogP contribution in [-0.2, 0) is 16.0 Å². The molecule has 1 aromatic rings. The molecule has 1 aliphatic rings. The van der Waals surface area contributed by atoms with Gasteiger partial charge in [-0.3, -0.25) is 9.59 Å². The number of ether oxygens (including phenoxy) is 2. The molecule has 0 aromatic heterocycles. The van der Waals surface area contributed by atoms with E-state index in [-0.39, 0.29) is 29.1 Å². The van der Waals surface area contributed by atoms with Crippen molar-refractivity contribution in [3.63, 3.8) is 0 Å². The SMILES string of the molecule is COC(=O)C1Cc2c(Br)cc(OC)c(O)c2C(=O)/C1=C\O. The Balaban J connectivity index is 2.68. The molecule has 0 fully saturated rings. The van der Waals surface area contributed by atoms with Crippen LogP contribution in [0.15, 0.2) is 22.4 Å². The highest BCUT2D eigenvalue weighted by molar-refractivity contribution is 9.10. The zero-order valence-corrected chi connectivity index (χ0v) is 12.9. The number of aliphatic hydroxyl groups is 1. The van der Waals surface area contributed by atoms with Crippen molar-refractivity contribution in [3.05, 3.63) is 33.5 Å². The number of esters is 1. The lowest BCUT2D eigenvalue weighted by Gasteiger charge is -2.26. The lowest BCUT2D eigenvalue weighted by molar-refractivity contribution is -0.144. The molecule has 0 aliphatic heterocycles. The summed E-state index contributed by atoms with van der Waals surface area (Å²) in [7, 11) is 2.57. The molecular weight excluding hydrogens is 344 g/mol. The van der Waals surface area contributed by atoms with Crippen molar-refractivity contribution in [3.8, 4) is 11.5 Å². The monoisotopic (exact) mass is 356 g/mol. The van der Waals surface area contributed by atoms with E-state index in [1.165, 1.54) is 20.3 Å². The Bertz CT molecular complexity index is 649. The van der Waals surface area contributed by atoms with Gasteiger partial charge in [-0.05, 0) is 18.1 Å². The number of benzene rings is 1. The van der Waals surface area contributed by atoms with Crippen LogP contribution in [0.5, 0.6) is 11.5 Å². The van der Waals surface area contributed by atoms with Crippen molar-refractivity contribution in [1.29, 1.82) is 0 Å². The van der Waals surface area contributed by atoms with Crippen LogP contribution in [0.3, 0.4) is 0 Å². The van der Waals surface area contributed by atoms with Crippen molar-refractivity contribution < 1.29 is 29.3 Å². The summed E-state index contributed by atoms with van der Waals surface area (Å²) in [6.07, 6.45) is 0.706. The van der Waals surface area contributed by atoms with Gasteiger partial charge in [0.25, 0.3) is 0 Å². The van der Waals surface area contributed by atoms with Crippen LogP contribution in [0.4, 0.5) is 0 Å². The van der Waals surface area contributed by atoms with Crippen molar-refractivity contribution >= 4 is 27.7 Å². The maximum absolute atomic E-state index is 12.4. The number of hydrogen-bond acceptors (Lipinski definition) is 6. The zero-order chi connectivity index (χ0) is 15.7. The molecule has 0 bridgehead atoms. The Morgan fingerprint density at radius 2 is 2.14 bits per heavy atom. The number of ketones is 1. The maximum Gasteiger partial charge on any atom is 0.313 e. The Hall–Kier alpha value is -2.02. The molecule has 0 saturated heterocycles. The number of aromatic hydroxyl groups is 1. The van der Waals surface area contributed by atoms with E-state index in [0.29, 0.717) is 16.3 Å². The smallest absolute Gasteiger partial charge is 0.313 e. The largest absolute Gasteiger partial charge is 0.515 e. The fourth-order valence-corrected chi connectivity index (χ4v) is 2.94. The van der Waals surface area contributed by atoms with Gasteiger partial charge in [0.15, 0.2) is 17.3 Å². The fraction of sp³-hybridized carbons (Fsp3) is 0.286. The summed E-state index contributed by atoms with van der Waals surface area (Å²) in [5.74, 6) is -2.36. The average molecular weight is 357 g/mol. The average Bonchev–Trinajstić information content (AvgIpc) is 2.49. The molecule has 1 atom stereocenters. The van der Waals surface area contributed by atoms with Gasteiger partial charge in [-0.15, -0.1) is 0 Å². The van der Waals surface area contributed by atoms with E-state index in [2.05, 4.69) is 20.7 Å². The predicted molar refractivity (Wildman–Crippen MR) is 76.6 cm³/mol. The molecule has 0 radical (unpaired) electrons. The third-order valence-corrected chi connectivity index (χ3v) is 4.14. The van der Waals surface area contributed by atoms with Crippen molar-refractivity contribution in [2.24, 2.45) is 5.92 Å². The summed E-state index contributed by atoms with van der Waals surface area (Å²) in [5.41, 5.74) is 0.366. The van der Waals surface area contributed by atoms with Gasteiger partial charge in [0.2, 0.25) is 0 Å². The van der Waals surface area contributed by atoms with Crippen molar-refractivity contribution in [2.45, 2.75) is 6.42 Å². The van der Waals surface area contributed by atoms with Gasteiger partial charge >= 0.3 is 5.97 Å². The standard InChI is InChI=1S/C14H13BrO6/c1-20-10-4-9(15)7-3-6(14(19)21-2)8(5-16)12(17)11(7)13(10)18/h4-6,16,18H,3H2,1-2H3/b8-5-. The van der Waals surface area contributed by atoms with Crippen molar-refractivity contribution in [2.75, 3.05) is 14.2 Å². The van der Waals surface area contributed by atoms with E-state index >= 15 is 0 Å². The Kier molecular flexibility index (Phi) is 4.22. The minimum Gasteiger partial charge on any atom is -0.515 e. The maximum atomic E-state index is 12.4. The van der Waals surface area contributed by atoms with Gasteiger partial charge in [-0.2, -0.15) is 0 Å². The molecule has 6 nitrogen and oxygen atoms in total. The fourth-order valence-electron chi connectivity index (χ4n) is 2.37. The molecule has 1 aromatic carbocycles. The van der Waals surface area contributed by atoms with E-state index in [9.17, 15) is 19.8 Å². The second-order valence-corrected chi connectivity index (χ2v) is 5.31. The van der Waals surface area contributed by atoms with Crippen molar-refractivity contribution in [1.82, 2.24) is 0 Å². The van der Waals surface area contributed by atoms with E-state index in [1.54, 1.807) is 0 Å². The number of hydrogen-bond donors (Lipinski definition) is 2. The molecule has 0 heterocycles. The first-order valence-electron chi connectivity index (χ1n) is 6.01. The second-order valence-electron chi connectivity index (χ2n) is 4.46. The first-order valence-corrected chi connectivity index (χ1v) is 6.80. The summed E-state index contributed by atoms with van der Waals surface area (Å²) >= 11 is 3.30. The molecule has 0 saturated carbocycles. The van der Waals surface area contributed by atoms with Crippen LogP contribution in [0.25, 0.3) is 0 Å². The number of methoxy groups -OCH3 is 2. The number of phenolic OH excluding ortho intramolecular Hbond substituents is 1. The first-order chi connectivity index (χ1) is 9.96. The predicted octanol–water partition coefficient (Wildman–Crippen LogP) is 2.13. The molecule has 1 aliphatic carbocycles.